The van der Waals surface area contributed by atoms with Crippen LogP contribution < -0.4 is 5.48 Å². The first-order valence-corrected chi connectivity index (χ1v) is 5.59. The van der Waals surface area contributed by atoms with Crippen molar-refractivity contribution in [3.63, 3.8) is 0 Å². The van der Waals surface area contributed by atoms with E-state index in [9.17, 15) is 14.9 Å². The summed E-state index contributed by atoms with van der Waals surface area (Å²) >= 11 is 0. The van der Waals surface area contributed by atoms with Crippen molar-refractivity contribution in [1.29, 1.82) is 0 Å². The minimum absolute atomic E-state index is 0.0773. The Bertz CT molecular complexity index is 457. The predicted octanol–water partition coefficient (Wildman–Crippen LogP) is 2.22. The van der Waals surface area contributed by atoms with E-state index in [1.165, 1.54) is 18.2 Å². The number of hydrogen-bond acceptors (Lipinski definition) is 4. The second kappa shape index (κ2) is 6.11. The molecule has 0 bridgehead atoms. The Morgan fingerprint density at radius 2 is 2.17 bits per heavy atom. The van der Waals surface area contributed by atoms with E-state index in [-0.39, 0.29) is 17.2 Å². The summed E-state index contributed by atoms with van der Waals surface area (Å²) in [7, 11) is 0. The van der Waals surface area contributed by atoms with Crippen LogP contribution in [0.4, 0.5) is 5.69 Å². The monoisotopic (exact) mass is 252 g/mol. The number of nitrogens with zero attached hydrogens (tertiary/aromatic N) is 1. The van der Waals surface area contributed by atoms with Gasteiger partial charge in [0, 0.05) is 17.2 Å². The van der Waals surface area contributed by atoms with Crippen molar-refractivity contribution >= 4 is 11.6 Å². The molecular formula is C12H16N2O4. The predicted molar refractivity (Wildman–Crippen MR) is 66.1 cm³/mol. The summed E-state index contributed by atoms with van der Waals surface area (Å²) in [6.07, 6.45) is 0. The molecule has 0 radical (unpaired) electrons. The number of carbonyl (C=O) groups excluding carboxylic acids is 1. The van der Waals surface area contributed by atoms with Crippen molar-refractivity contribution in [2.24, 2.45) is 5.92 Å². The van der Waals surface area contributed by atoms with Gasteiger partial charge in [-0.3, -0.25) is 19.7 Å². The van der Waals surface area contributed by atoms with Crippen molar-refractivity contribution in [1.82, 2.24) is 5.48 Å². The zero-order valence-electron chi connectivity index (χ0n) is 10.6. The largest absolute Gasteiger partial charge is 0.275 e. The molecule has 0 spiro atoms. The molecule has 1 rings (SSSR count). The highest BCUT2D eigenvalue weighted by atomic mass is 16.7. The minimum Gasteiger partial charge on any atom is -0.273 e. The lowest BCUT2D eigenvalue weighted by atomic mass is 10.1. The fourth-order valence-corrected chi connectivity index (χ4v) is 1.28. The Hall–Kier alpha value is -1.95. The number of nitro benzene ring substituents is 1. The van der Waals surface area contributed by atoms with E-state index in [4.69, 9.17) is 4.84 Å². The molecule has 6 nitrogen and oxygen atoms in total. The number of rotatable bonds is 5. The molecule has 0 aliphatic rings. The normalized spacial score (nSPS) is 10.4. The Balaban J connectivity index is 2.74. The van der Waals surface area contributed by atoms with Crippen LogP contribution in [-0.4, -0.2) is 17.4 Å². The van der Waals surface area contributed by atoms with Gasteiger partial charge in [0.1, 0.15) is 0 Å². The number of nitro groups is 1. The van der Waals surface area contributed by atoms with Crippen LogP contribution in [0.2, 0.25) is 0 Å². The molecule has 98 valence electrons. The van der Waals surface area contributed by atoms with Gasteiger partial charge in [0.2, 0.25) is 0 Å². The molecule has 1 aromatic rings. The Morgan fingerprint density at radius 3 is 2.72 bits per heavy atom. The fraction of sp³-hybridized carbons (Fsp3) is 0.417. The molecule has 0 fully saturated rings. The Labute approximate surface area is 105 Å². The summed E-state index contributed by atoms with van der Waals surface area (Å²) < 4.78 is 0. The summed E-state index contributed by atoms with van der Waals surface area (Å²) in [4.78, 5) is 26.9. The number of amides is 1. The van der Waals surface area contributed by atoms with Crippen LogP contribution in [0.3, 0.4) is 0 Å². The topological polar surface area (TPSA) is 81.5 Å². The van der Waals surface area contributed by atoms with Gasteiger partial charge in [-0.05, 0) is 18.9 Å². The van der Waals surface area contributed by atoms with Crippen LogP contribution in [-0.2, 0) is 4.84 Å². The average Bonchev–Trinajstić information content (AvgIpc) is 2.28. The van der Waals surface area contributed by atoms with E-state index in [2.05, 4.69) is 5.48 Å². The lowest BCUT2D eigenvalue weighted by Gasteiger charge is -2.08. The quantitative estimate of drug-likeness (QED) is 0.643. The first kappa shape index (κ1) is 14.1. The van der Waals surface area contributed by atoms with Gasteiger partial charge < -0.3 is 0 Å². The minimum atomic E-state index is -0.513. The van der Waals surface area contributed by atoms with E-state index in [1.54, 1.807) is 6.92 Å². The molecule has 0 atom stereocenters. The van der Waals surface area contributed by atoms with E-state index in [0.29, 0.717) is 12.2 Å². The lowest BCUT2D eigenvalue weighted by Crippen LogP contribution is -2.25. The molecule has 18 heavy (non-hydrogen) atoms. The molecule has 0 heterocycles. The van der Waals surface area contributed by atoms with Crippen LogP contribution in [0.15, 0.2) is 18.2 Å². The molecule has 1 amide bonds. The van der Waals surface area contributed by atoms with Gasteiger partial charge in [-0.1, -0.05) is 19.9 Å². The Kier molecular flexibility index (Phi) is 4.79. The maximum Gasteiger partial charge on any atom is 0.275 e. The molecule has 0 aliphatic carbocycles. The zero-order chi connectivity index (χ0) is 13.7. The van der Waals surface area contributed by atoms with Crippen LogP contribution in [0.5, 0.6) is 0 Å². The highest BCUT2D eigenvalue weighted by Gasteiger charge is 2.14. The van der Waals surface area contributed by atoms with Crippen molar-refractivity contribution < 1.29 is 14.6 Å². The van der Waals surface area contributed by atoms with E-state index >= 15 is 0 Å². The second-order valence-corrected chi connectivity index (χ2v) is 4.39. The molecule has 0 aromatic heterocycles. The number of aryl methyl sites for hydroxylation is 1. The number of hydroxylamine groups is 1. The van der Waals surface area contributed by atoms with E-state index in [1.807, 2.05) is 13.8 Å². The summed E-state index contributed by atoms with van der Waals surface area (Å²) in [5.74, 6) is -0.198. The first-order chi connectivity index (χ1) is 8.41. The number of nitrogens with one attached hydrogen (secondary N) is 1. The molecule has 0 aliphatic heterocycles. The van der Waals surface area contributed by atoms with Crippen molar-refractivity contribution in [2.45, 2.75) is 20.8 Å². The summed E-state index contributed by atoms with van der Waals surface area (Å²) in [5, 5.41) is 10.7. The summed E-state index contributed by atoms with van der Waals surface area (Å²) in [6.45, 7) is 5.90. The smallest absolute Gasteiger partial charge is 0.273 e. The van der Waals surface area contributed by atoms with Gasteiger partial charge in [-0.2, -0.15) is 0 Å². The third-order valence-corrected chi connectivity index (χ3v) is 2.25. The molecule has 0 saturated carbocycles. The highest BCUT2D eigenvalue weighted by Crippen LogP contribution is 2.19. The zero-order valence-corrected chi connectivity index (χ0v) is 10.6. The summed E-state index contributed by atoms with van der Waals surface area (Å²) in [5.41, 5.74) is 2.90. The highest BCUT2D eigenvalue weighted by molar-refractivity contribution is 5.94. The molecule has 0 unspecified atom stereocenters. The maximum absolute atomic E-state index is 11.7. The van der Waals surface area contributed by atoms with Crippen LogP contribution in [0.25, 0.3) is 0 Å². The van der Waals surface area contributed by atoms with Crippen LogP contribution in [0.1, 0.15) is 29.8 Å². The van der Waals surface area contributed by atoms with Crippen molar-refractivity contribution in [3.8, 4) is 0 Å². The molecule has 1 aromatic carbocycles. The Morgan fingerprint density at radius 1 is 1.50 bits per heavy atom. The fourth-order valence-electron chi connectivity index (χ4n) is 1.28. The third-order valence-electron chi connectivity index (χ3n) is 2.25. The summed E-state index contributed by atoms with van der Waals surface area (Å²) in [6, 6.07) is 4.30. The van der Waals surface area contributed by atoms with Crippen LogP contribution >= 0.6 is 0 Å². The van der Waals surface area contributed by atoms with Gasteiger partial charge >= 0.3 is 0 Å². The number of benzene rings is 1. The molecule has 6 heteroatoms. The standard InChI is InChI=1S/C12H16N2O4/c1-8(2)7-18-13-12(15)10-5-4-9(3)11(6-10)14(16)17/h4-6,8H,7H2,1-3H3,(H,13,15). The third kappa shape index (κ3) is 3.81. The van der Waals surface area contributed by atoms with Crippen LogP contribution in [0, 0.1) is 23.0 Å². The van der Waals surface area contributed by atoms with E-state index < -0.39 is 10.8 Å². The van der Waals surface area contributed by atoms with Gasteiger partial charge in [-0.25, -0.2) is 5.48 Å². The molecule has 0 saturated heterocycles. The maximum atomic E-state index is 11.7. The SMILES string of the molecule is Cc1ccc(C(=O)NOCC(C)C)cc1[N+](=O)[O-]. The van der Waals surface area contributed by atoms with Gasteiger partial charge in [0.25, 0.3) is 11.6 Å². The molecule has 1 N–H and O–H groups in total. The van der Waals surface area contributed by atoms with Gasteiger partial charge in [0.05, 0.1) is 11.5 Å². The van der Waals surface area contributed by atoms with Gasteiger partial charge in [-0.15, -0.1) is 0 Å². The van der Waals surface area contributed by atoms with Crippen molar-refractivity contribution in [2.75, 3.05) is 6.61 Å². The number of hydrogen-bond donors (Lipinski definition) is 1. The van der Waals surface area contributed by atoms with Crippen molar-refractivity contribution in [3.05, 3.63) is 39.4 Å². The lowest BCUT2D eigenvalue weighted by molar-refractivity contribution is -0.385. The number of carbonyl (C=O) groups is 1. The van der Waals surface area contributed by atoms with Gasteiger partial charge in [0.15, 0.2) is 0 Å². The molecular weight excluding hydrogens is 236 g/mol. The average molecular weight is 252 g/mol. The van der Waals surface area contributed by atoms with E-state index in [0.717, 1.165) is 0 Å². The second-order valence-electron chi connectivity index (χ2n) is 4.39. The first-order valence-electron chi connectivity index (χ1n) is 5.59.